The van der Waals surface area contributed by atoms with Gasteiger partial charge in [0.05, 0.1) is 73.4 Å². The average Bonchev–Trinajstić information content (AvgIpc) is 1.43. The summed E-state index contributed by atoms with van der Waals surface area (Å²) >= 11 is 0. The van der Waals surface area contributed by atoms with Crippen molar-refractivity contribution in [1.29, 1.82) is 0 Å². The minimum absolute atomic E-state index is 0.208. The van der Waals surface area contributed by atoms with Crippen LogP contribution in [0, 0.1) is 63.7 Å². The van der Waals surface area contributed by atoms with E-state index in [-0.39, 0.29) is 11.4 Å². The first-order valence-electron chi connectivity index (χ1n) is 44.9. The normalized spacial score (nSPS) is 12.4. The van der Waals surface area contributed by atoms with E-state index < -0.39 is 23.3 Å². The van der Waals surface area contributed by atoms with Crippen LogP contribution in [0.2, 0.25) is 0 Å². The zero-order chi connectivity index (χ0) is 93.1. The molecule has 0 spiro atoms. The molecule has 0 bridgehead atoms. The van der Waals surface area contributed by atoms with Gasteiger partial charge in [-0.3, -0.25) is 59.9 Å². The Morgan fingerprint density at radius 2 is 0.485 bits per heavy atom. The van der Waals surface area contributed by atoms with E-state index in [1.807, 2.05) is 153 Å². The van der Waals surface area contributed by atoms with Crippen molar-refractivity contribution in [2.75, 3.05) is 0 Å². The molecule has 6 aliphatic heterocycles. The summed E-state index contributed by atoms with van der Waals surface area (Å²) < 4.78 is 68.3. The Morgan fingerprint density at radius 1 is 0.184 bits per heavy atom. The Kier molecular flexibility index (Phi) is 26.1. The van der Waals surface area contributed by atoms with Crippen molar-refractivity contribution in [3.05, 3.63) is 464 Å². The maximum Gasteiger partial charge on any atom is 0.135 e. The average molecular weight is 1780 g/mol. The minimum atomic E-state index is -0.618. The van der Waals surface area contributed by atoms with Gasteiger partial charge in [-0.2, -0.15) is 0 Å². The minimum Gasteiger partial charge on any atom is -0.288 e. The van der Waals surface area contributed by atoms with Crippen LogP contribution in [-0.2, 0) is 39.3 Å². The number of fused-ring (bicyclic) bond motifs is 6. The van der Waals surface area contributed by atoms with Crippen LogP contribution >= 0.6 is 0 Å². The summed E-state index contributed by atoms with van der Waals surface area (Å²) in [4.78, 5) is 52.9. The topological polar surface area (TPSA) is 152 Å². The second-order valence-electron chi connectivity index (χ2n) is 34.1. The summed E-state index contributed by atoms with van der Waals surface area (Å²) in [5.41, 5.74) is 42.7. The highest BCUT2D eigenvalue weighted by molar-refractivity contribution is 5.96. The lowest BCUT2D eigenvalue weighted by Crippen LogP contribution is -1.94. The molecule has 0 aliphatic carbocycles. The van der Waals surface area contributed by atoms with Crippen LogP contribution in [0.3, 0.4) is 0 Å². The van der Waals surface area contributed by atoms with Gasteiger partial charge >= 0.3 is 0 Å². The van der Waals surface area contributed by atoms with Gasteiger partial charge in [0.2, 0.25) is 0 Å². The molecule has 17 heteroatoms. The predicted molar refractivity (Wildman–Crippen MR) is 542 cm³/mol. The molecule has 12 heterocycles. The number of hydrogen-bond acceptors (Lipinski definition) is 12. The van der Waals surface area contributed by atoms with Gasteiger partial charge in [0, 0.05) is 153 Å². The van der Waals surface area contributed by atoms with Crippen LogP contribution in [-0.4, -0.2) is 67.2 Å². The third kappa shape index (κ3) is 20.0. The first-order valence-corrected chi connectivity index (χ1v) is 44.9. The fourth-order valence-corrected chi connectivity index (χ4v) is 17.5. The van der Waals surface area contributed by atoms with Gasteiger partial charge in [-0.1, -0.05) is 192 Å². The van der Waals surface area contributed by atoms with E-state index in [4.69, 9.17) is 0 Å². The fourth-order valence-electron chi connectivity index (χ4n) is 17.5. The fraction of sp³-hybridized carbons (Fsp3) is 0.0924. The van der Waals surface area contributed by atoms with E-state index in [2.05, 4.69) is 245 Å². The molecule has 6 aromatic heterocycles. The second kappa shape index (κ2) is 40.1. The first-order chi connectivity index (χ1) is 66.5. The molecular weight excluding hydrogens is 1690 g/mol. The molecule has 12 aromatic carbocycles. The van der Waals surface area contributed by atoms with Crippen molar-refractivity contribution in [2.24, 2.45) is 30.0 Å². The molecule has 18 aromatic rings. The van der Waals surface area contributed by atoms with Crippen molar-refractivity contribution in [2.45, 2.75) is 73.9 Å². The molecule has 24 rings (SSSR count). The largest absolute Gasteiger partial charge is 0.288 e. The second-order valence-corrected chi connectivity index (χ2v) is 34.1. The van der Waals surface area contributed by atoms with E-state index in [0.717, 1.165) is 139 Å². The molecule has 6 aliphatic rings. The molecule has 0 fully saturated rings. The van der Waals surface area contributed by atoms with Crippen LogP contribution in [0.1, 0.15) is 94.6 Å². The number of nitrogens with zero attached hydrogens (tertiary/aromatic N) is 12. The lowest BCUT2D eigenvalue weighted by molar-refractivity contribution is 0.583. The zero-order valence-electron chi connectivity index (χ0n) is 75.3. The molecule has 0 unspecified atom stereocenters. The molecule has 660 valence electrons. The maximum absolute atomic E-state index is 14.2. The lowest BCUT2D eigenvalue weighted by Gasteiger charge is -2.11. The van der Waals surface area contributed by atoms with Crippen molar-refractivity contribution < 1.29 is 22.0 Å². The summed E-state index contributed by atoms with van der Waals surface area (Å²) in [7, 11) is 0. The Labute approximate surface area is 786 Å². The van der Waals surface area contributed by atoms with Gasteiger partial charge in [-0.25, -0.2) is 22.0 Å². The molecular formula is C119H89F5N12. The number of rotatable bonds is 12. The van der Waals surface area contributed by atoms with Crippen molar-refractivity contribution in [3.63, 3.8) is 0 Å². The maximum atomic E-state index is 14.2. The lowest BCUT2D eigenvalue weighted by atomic mass is 9.95. The first kappa shape index (κ1) is 88.5. The highest BCUT2D eigenvalue weighted by atomic mass is 19.1. The summed E-state index contributed by atoms with van der Waals surface area (Å²) in [5.74, 6) is -2.65. The SMILES string of the molecule is Cc1cc(C)cc(-c2ncccc2-c2ccc3c(c2)C=NC3)c1.Cc1ccc(-c2ncccc2-c2ccc3c(c2)C=NC3)cc1.Cc1ccc(-c2ncccc2-c2ccc3c(c2)C=NC3)cc1F.Cc1cccc(-c2ncccc2-c2ccc3c(c2)C=NC3)c1.Fc1cc(F)cc(-c2ncccc2-c2ccc3c(c2)C=NC3)c1.Fc1ccc(-c2ncccc2-c2ccc3c(c2)C=NC3)c(F)c1. The standard InChI is InChI=1S/C21H18N2.C20H15FN2.2C20H16N2.2C19H12F2N2/c1-14-8-15(2)10-18(9-14)21-20(4-3-7-23-21)16-5-6-17-12-22-13-19(17)11-16;1-13-4-5-15(10-19(13)21)20-18(3-2-8-23-20)14-6-7-16-11-22-12-17(16)9-14;1-14-4-2-5-16(10-14)20-19(6-3-9-22-20)15-7-8-17-12-21-13-18(17)11-15;1-14-4-6-15(7-5-14)20-19(3-2-10-22-20)16-8-9-17-12-21-13-18(17)11-16;20-15-5-6-17(18(21)9-15)19-16(2-1-7-23-19)12-3-4-13-10-22-11-14(13)8-12;20-16-7-14(8-17(21)9-16)19-18(2-1-5-23-19)12-3-4-13-10-22-11-15(13)6-12/h3-11,13H,12H2,1-2H3;2-10,12H,11H2,1H3;2*2-11,13H,12H2,1H3;2*1-9,11H,10H2. The van der Waals surface area contributed by atoms with Crippen LogP contribution in [0.4, 0.5) is 22.0 Å². The van der Waals surface area contributed by atoms with Gasteiger partial charge < -0.3 is 0 Å². The van der Waals surface area contributed by atoms with Gasteiger partial charge in [0.25, 0.3) is 0 Å². The molecule has 136 heavy (non-hydrogen) atoms. The van der Waals surface area contributed by atoms with E-state index in [1.165, 1.54) is 124 Å². The van der Waals surface area contributed by atoms with Crippen LogP contribution in [0.25, 0.3) is 134 Å². The van der Waals surface area contributed by atoms with E-state index in [1.54, 1.807) is 37.6 Å². The number of hydrogen-bond donors (Lipinski definition) is 0. The summed E-state index contributed by atoms with van der Waals surface area (Å²) in [5, 5.41) is 0. The van der Waals surface area contributed by atoms with Crippen molar-refractivity contribution in [1.82, 2.24) is 29.9 Å². The summed E-state index contributed by atoms with van der Waals surface area (Å²) in [6, 6.07) is 97.7. The number of aliphatic imine (C=N–C) groups is 6. The molecule has 0 amide bonds. The monoisotopic (exact) mass is 1780 g/mol. The van der Waals surface area contributed by atoms with E-state index >= 15 is 0 Å². The van der Waals surface area contributed by atoms with Crippen molar-refractivity contribution >= 4 is 37.3 Å². The zero-order valence-corrected chi connectivity index (χ0v) is 75.3. The number of halogens is 5. The number of pyridine rings is 6. The third-order valence-corrected chi connectivity index (χ3v) is 24.4. The number of aryl methyl sites for hydroxylation is 5. The Bertz CT molecular complexity index is 7630. The Hall–Kier alpha value is -16.8. The van der Waals surface area contributed by atoms with Crippen molar-refractivity contribution in [3.8, 4) is 134 Å². The summed E-state index contributed by atoms with van der Waals surface area (Å²) in [6.07, 6.45) is 22.0. The Balaban J connectivity index is 0.000000105. The molecule has 0 atom stereocenters. The molecule has 12 nitrogen and oxygen atoms in total. The molecule has 0 N–H and O–H groups in total. The highest BCUT2D eigenvalue weighted by Gasteiger charge is 2.22. The quantitative estimate of drug-likeness (QED) is 0.111. The highest BCUT2D eigenvalue weighted by Crippen LogP contribution is 2.41. The third-order valence-electron chi connectivity index (χ3n) is 24.4. The molecule has 0 radical (unpaired) electrons. The predicted octanol–water partition coefficient (Wildman–Crippen LogP) is 28.3. The van der Waals surface area contributed by atoms with Gasteiger partial charge in [0.1, 0.15) is 29.1 Å². The van der Waals surface area contributed by atoms with Gasteiger partial charge in [-0.15, -0.1) is 0 Å². The molecule has 0 saturated carbocycles. The number of benzene rings is 12. The Morgan fingerprint density at radius 3 is 0.831 bits per heavy atom. The van der Waals surface area contributed by atoms with Gasteiger partial charge in [-0.05, 0) is 262 Å². The van der Waals surface area contributed by atoms with Gasteiger partial charge in [0.15, 0.2) is 0 Å². The van der Waals surface area contributed by atoms with Crippen LogP contribution in [0.15, 0.2) is 370 Å². The van der Waals surface area contributed by atoms with E-state index in [9.17, 15) is 22.0 Å². The van der Waals surface area contributed by atoms with Crippen LogP contribution in [0.5, 0.6) is 0 Å². The van der Waals surface area contributed by atoms with Crippen LogP contribution < -0.4 is 0 Å². The molecule has 0 saturated heterocycles. The smallest absolute Gasteiger partial charge is 0.135 e. The number of aromatic nitrogens is 6. The summed E-state index contributed by atoms with van der Waals surface area (Å²) in [6.45, 7) is 14.8. The van der Waals surface area contributed by atoms with E-state index in [0.29, 0.717) is 35.6 Å².